The summed E-state index contributed by atoms with van der Waals surface area (Å²) in [5, 5.41) is 12.6. The molecule has 0 amide bonds. The van der Waals surface area contributed by atoms with Crippen molar-refractivity contribution in [1.82, 2.24) is 0 Å². The van der Waals surface area contributed by atoms with Crippen molar-refractivity contribution in [2.75, 3.05) is 4.90 Å². The second-order valence-corrected chi connectivity index (χ2v) is 11.3. The lowest BCUT2D eigenvalue weighted by atomic mass is 10.0. The number of benzene rings is 7. The molecular formula is C42H34N2O2. The van der Waals surface area contributed by atoms with E-state index in [2.05, 4.69) is 157 Å². The third kappa shape index (κ3) is 7.03. The highest BCUT2D eigenvalue weighted by Crippen LogP contribution is 2.38. The summed E-state index contributed by atoms with van der Waals surface area (Å²) in [6.45, 7) is 4.02. The van der Waals surface area contributed by atoms with Crippen LogP contribution in [0.4, 0.5) is 22.7 Å². The highest BCUT2D eigenvalue weighted by molar-refractivity contribution is 5.90. The van der Waals surface area contributed by atoms with Crippen molar-refractivity contribution in [2.24, 2.45) is 0 Å². The Hall–Kier alpha value is -6.00. The lowest BCUT2D eigenvalue weighted by molar-refractivity contribution is -0.384. The van der Waals surface area contributed by atoms with Crippen LogP contribution in [0.5, 0.6) is 0 Å². The van der Waals surface area contributed by atoms with E-state index < -0.39 is 4.92 Å². The van der Waals surface area contributed by atoms with Gasteiger partial charge in [-0.1, -0.05) is 132 Å². The van der Waals surface area contributed by atoms with Gasteiger partial charge in [0.25, 0.3) is 5.69 Å². The van der Waals surface area contributed by atoms with Gasteiger partial charge in [0.15, 0.2) is 0 Å². The first-order valence-corrected chi connectivity index (χ1v) is 15.3. The average Bonchev–Trinajstić information content (AvgIpc) is 3.10. The van der Waals surface area contributed by atoms with E-state index in [1.54, 1.807) is 12.1 Å². The van der Waals surface area contributed by atoms with Crippen molar-refractivity contribution in [3.63, 3.8) is 0 Å². The molecule has 0 fully saturated rings. The lowest BCUT2D eigenvalue weighted by Gasteiger charge is -2.26. The molecule has 7 aromatic carbocycles. The molecule has 0 unspecified atom stereocenters. The van der Waals surface area contributed by atoms with E-state index in [9.17, 15) is 10.1 Å². The van der Waals surface area contributed by atoms with Crippen molar-refractivity contribution < 1.29 is 4.92 Å². The Morgan fingerprint density at radius 3 is 1.59 bits per heavy atom. The van der Waals surface area contributed by atoms with E-state index in [1.165, 1.54) is 50.7 Å². The Morgan fingerprint density at radius 2 is 0.935 bits per heavy atom. The molecule has 0 aliphatic heterocycles. The second kappa shape index (κ2) is 13.7. The van der Waals surface area contributed by atoms with Gasteiger partial charge in [0.2, 0.25) is 0 Å². The number of fused-ring (bicyclic) bond motifs is 1. The molecule has 0 atom stereocenters. The van der Waals surface area contributed by atoms with Crippen LogP contribution in [0.1, 0.15) is 11.1 Å². The Bertz CT molecular complexity index is 2070. The topological polar surface area (TPSA) is 46.4 Å². The smallest absolute Gasteiger partial charge is 0.269 e. The van der Waals surface area contributed by atoms with Gasteiger partial charge in [-0.05, 0) is 83.3 Å². The van der Waals surface area contributed by atoms with Gasteiger partial charge in [-0.3, -0.25) is 10.1 Å². The molecule has 46 heavy (non-hydrogen) atoms. The van der Waals surface area contributed by atoms with E-state index >= 15 is 0 Å². The number of hydrogen-bond donors (Lipinski definition) is 0. The molecule has 0 heterocycles. The highest BCUT2D eigenvalue weighted by Gasteiger charge is 2.14. The van der Waals surface area contributed by atoms with Gasteiger partial charge in [-0.15, -0.1) is 0 Å². The van der Waals surface area contributed by atoms with Crippen molar-refractivity contribution in [1.29, 1.82) is 0 Å². The molecule has 4 nitrogen and oxygen atoms in total. The predicted molar refractivity (Wildman–Crippen MR) is 192 cm³/mol. The van der Waals surface area contributed by atoms with E-state index in [1.807, 2.05) is 6.92 Å². The van der Waals surface area contributed by atoms with Crippen LogP contribution in [0.2, 0.25) is 0 Å². The first-order valence-electron chi connectivity index (χ1n) is 15.3. The molecule has 7 aromatic rings. The zero-order valence-electron chi connectivity index (χ0n) is 25.9. The molecule has 0 aliphatic rings. The minimum absolute atomic E-state index is 0.144. The average molecular weight is 599 g/mol. The van der Waals surface area contributed by atoms with Crippen LogP contribution >= 0.6 is 0 Å². The molecule has 0 saturated heterocycles. The predicted octanol–water partition coefficient (Wildman–Crippen LogP) is 11.9. The number of aryl methyl sites for hydroxylation is 2. The third-order valence-corrected chi connectivity index (χ3v) is 7.96. The SMILES string of the molecule is Cc1ccc(-c2ccc(N(c3cccc(-c4ccccc4)c3)c3ccc4ccccc4c3)cc2)cc1.Cc1ccc([N+](=O)[O-])cc1. The summed E-state index contributed by atoms with van der Waals surface area (Å²) in [6.07, 6.45) is 0. The maximum absolute atomic E-state index is 10.1. The molecule has 0 aliphatic carbocycles. The highest BCUT2D eigenvalue weighted by atomic mass is 16.6. The van der Waals surface area contributed by atoms with E-state index in [4.69, 9.17) is 0 Å². The number of non-ortho nitro benzene ring substituents is 1. The standard InChI is InChI=1S/C35H27N.C7H7NO2/c1-26-14-16-29(17-15-26)30-18-21-33(22-19-30)36(35-23-20-28-10-5-6-11-31(28)25-35)34-13-7-12-32(24-34)27-8-3-2-4-9-27;1-6-2-4-7(5-3-6)8(9)10/h2-25H,1H3;2-5H,1H3. The number of nitro groups is 1. The minimum atomic E-state index is -0.403. The van der Waals surface area contributed by atoms with Crippen LogP contribution in [-0.2, 0) is 0 Å². The molecule has 0 aromatic heterocycles. The molecule has 224 valence electrons. The number of anilines is 3. The monoisotopic (exact) mass is 598 g/mol. The van der Waals surface area contributed by atoms with Gasteiger partial charge >= 0.3 is 0 Å². The fourth-order valence-electron chi connectivity index (χ4n) is 5.43. The zero-order chi connectivity index (χ0) is 31.9. The second-order valence-electron chi connectivity index (χ2n) is 11.3. The molecule has 4 heteroatoms. The van der Waals surface area contributed by atoms with Gasteiger partial charge in [-0.2, -0.15) is 0 Å². The van der Waals surface area contributed by atoms with Crippen LogP contribution in [0.3, 0.4) is 0 Å². The summed E-state index contributed by atoms with van der Waals surface area (Å²) < 4.78 is 0. The summed E-state index contributed by atoms with van der Waals surface area (Å²) >= 11 is 0. The summed E-state index contributed by atoms with van der Waals surface area (Å²) in [4.78, 5) is 12.1. The lowest BCUT2D eigenvalue weighted by Crippen LogP contribution is -2.10. The maximum Gasteiger partial charge on any atom is 0.269 e. The molecule has 0 N–H and O–H groups in total. The molecule has 0 saturated carbocycles. The number of nitrogens with zero attached hydrogens (tertiary/aromatic N) is 2. The summed E-state index contributed by atoms with van der Waals surface area (Å²) in [5.74, 6) is 0. The Balaban J connectivity index is 0.000000319. The summed E-state index contributed by atoms with van der Waals surface area (Å²) in [7, 11) is 0. The van der Waals surface area contributed by atoms with Gasteiger partial charge in [-0.25, -0.2) is 0 Å². The van der Waals surface area contributed by atoms with E-state index in [-0.39, 0.29) is 5.69 Å². The maximum atomic E-state index is 10.1. The molecule has 0 bridgehead atoms. The zero-order valence-corrected chi connectivity index (χ0v) is 25.9. The van der Waals surface area contributed by atoms with E-state index in [0.717, 1.165) is 22.6 Å². The third-order valence-electron chi connectivity index (χ3n) is 7.96. The van der Waals surface area contributed by atoms with Crippen molar-refractivity contribution in [3.8, 4) is 22.3 Å². The first-order chi connectivity index (χ1) is 22.4. The number of nitro benzene ring substituents is 1. The van der Waals surface area contributed by atoms with Crippen LogP contribution in [0.15, 0.2) is 170 Å². The van der Waals surface area contributed by atoms with Crippen molar-refractivity contribution >= 4 is 33.5 Å². The molecule has 7 rings (SSSR count). The fraction of sp³-hybridized carbons (Fsp3) is 0.0476. The van der Waals surface area contributed by atoms with Gasteiger partial charge in [0, 0.05) is 29.2 Å². The van der Waals surface area contributed by atoms with Crippen LogP contribution in [-0.4, -0.2) is 4.92 Å². The van der Waals surface area contributed by atoms with Crippen LogP contribution in [0, 0.1) is 24.0 Å². The molecule has 0 spiro atoms. The summed E-state index contributed by atoms with van der Waals surface area (Å²) in [6, 6.07) is 58.6. The molecular weight excluding hydrogens is 564 g/mol. The Morgan fingerprint density at radius 1 is 0.435 bits per heavy atom. The van der Waals surface area contributed by atoms with Crippen LogP contribution in [0.25, 0.3) is 33.0 Å². The van der Waals surface area contributed by atoms with Gasteiger partial charge in [0.1, 0.15) is 0 Å². The Kier molecular flexibility index (Phi) is 8.98. The number of rotatable bonds is 6. The normalized spacial score (nSPS) is 10.6. The van der Waals surface area contributed by atoms with E-state index in [0.29, 0.717) is 0 Å². The van der Waals surface area contributed by atoms with Gasteiger partial charge in [0.05, 0.1) is 4.92 Å². The van der Waals surface area contributed by atoms with Gasteiger partial charge < -0.3 is 4.90 Å². The van der Waals surface area contributed by atoms with Crippen molar-refractivity contribution in [3.05, 3.63) is 191 Å². The Labute approximate surface area is 270 Å². The van der Waals surface area contributed by atoms with Crippen LogP contribution < -0.4 is 4.90 Å². The fourth-order valence-corrected chi connectivity index (χ4v) is 5.43. The molecule has 0 radical (unpaired) electrons. The quantitative estimate of drug-likeness (QED) is 0.141. The number of hydrogen-bond acceptors (Lipinski definition) is 3. The minimum Gasteiger partial charge on any atom is -0.310 e. The summed E-state index contributed by atoms with van der Waals surface area (Å²) in [5.41, 5.74) is 10.7. The van der Waals surface area contributed by atoms with Crippen molar-refractivity contribution in [2.45, 2.75) is 13.8 Å². The first kappa shape index (κ1) is 30.0. The largest absolute Gasteiger partial charge is 0.310 e.